The van der Waals surface area contributed by atoms with Crippen molar-refractivity contribution < 1.29 is 19.2 Å². The largest absolute Gasteiger partial charge is 0.490 e. The highest BCUT2D eigenvalue weighted by Crippen LogP contribution is 2.29. The highest BCUT2D eigenvalue weighted by Gasteiger charge is 2.26. The molecule has 0 saturated heterocycles. The molecule has 0 saturated carbocycles. The van der Waals surface area contributed by atoms with Gasteiger partial charge in [0, 0.05) is 11.6 Å². The van der Waals surface area contributed by atoms with Crippen molar-refractivity contribution in [3.8, 4) is 5.75 Å². The summed E-state index contributed by atoms with van der Waals surface area (Å²) in [6.45, 7) is 1.92. The van der Waals surface area contributed by atoms with Crippen molar-refractivity contribution in [3.63, 3.8) is 0 Å². The van der Waals surface area contributed by atoms with Gasteiger partial charge in [0.25, 0.3) is 0 Å². The van der Waals surface area contributed by atoms with Gasteiger partial charge in [-0.1, -0.05) is 24.3 Å². The van der Waals surface area contributed by atoms with Gasteiger partial charge in [-0.3, -0.25) is 10.1 Å². The zero-order chi connectivity index (χ0) is 18.0. The molecule has 0 bridgehead atoms. The van der Waals surface area contributed by atoms with Crippen LogP contribution >= 0.6 is 0 Å². The molecule has 0 spiro atoms. The van der Waals surface area contributed by atoms with Crippen LogP contribution in [0.2, 0.25) is 0 Å². The molecule has 3 rings (SSSR count). The topological polar surface area (TPSA) is 91.0 Å². The average Bonchev–Trinajstić information content (AvgIpc) is 2.97. The number of nitro benzene ring substituents is 1. The van der Waals surface area contributed by atoms with Gasteiger partial charge in [0.2, 0.25) is 5.90 Å². The van der Waals surface area contributed by atoms with Gasteiger partial charge in [-0.2, -0.15) is 0 Å². The van der Waals surface area contributed by atoms with E-state index in [1.54, 1.807) is 12.1 Å². The zero-order valence-corrected chi connectivity index (χ0v) is 13.6. The molecule has 0 aromatic heterocycles. The zero-order valence-electron chi connectivity index (χ0n) is 13.6. The number of nitrogens with zero attached hydrogens (tertiary/aromatic N) is 2. The van der Waals surface area contributed by atoms with Crippen LogP contribution in [0.4, 0.5) is 5.69 Å². The third-order valence-electron chi connectivity index (χ3n) is 3.72. The van der Waals surface area contributed by atoms with Gasteiger partial charge in [-0.25, -0.2) is 9.79 Å². The van der Waals surface area contributed by atoms with Gasteiger partial charge in [-0.05, 0) is 36.3 Å². The van der Waals surface area contributed by atoms with E-state index < -0.39 is 10.9 Å². The molecule has 7 heteroatoms. The second-order valence-electron chi connectivity index (χ2n) is 5.34. The first-order chi connectivity index (χ1) is 12.0. The van der Waals surface area contributed by atoms with E-state index in [4.69, 9.17) is 9.47 Å². The first kappa shape index (κ1) is 16.4. The smallest absolute Gasteiger partial charge is 0.363 e. The molecule has 2 aromatic rings. The Bertz CT molecular complexity index is 931. The van der Waals surface area contributed by atoms with Crippen LogP contribution in [-0.4, -0.2) is 23.9 Å². The maximum absolute atomic E-state index is 12.1. The van der Waals surface area contributed by atoms with Crippen molar-refractivity contribution in [1.82, 2.24) is 0 Å². The summed E-state index contributed by atoms with van der Waals surface area (Å²) in [5.41, 5.74) is 2.08. The van der Waals surface area contributed by atoms with Crippen molar-refractivity contribution in [2.45, 2.75) is 6.92 Å². The van der Waals surface area contributed by atoms with Crippen LogP contribution in [0, 0.1) is 17.0 Å². The van der Waals surface area contributed by atoms with E-state index >= 15 is 0 Å². The number of aliphatic imine (C=N–C) groups is 1. The van der Waals surface area contributed by atoms with Crippen molar-refractivity contribution >= 4 is 23.6 Å². The minimum atomic E-state index is -0.600. The van der Waals surface area contributed by atoms with E-state index in [-0.39, 0.29) is 23.0 Å². The van der Waals surface area contributed by atoms with Crippen LogP contribution < -0.4 is 4.74 Å². The monoisotopic (exact) mass is 338 g/mol. The maximum atomic E-state index is 12.1. The molecular weight excluding hydrogens is 324 g/mol. The molecule has 0 unspecified atom stereocenters. The highest BCUT2D eigenvalue weighted by molar-refractivity contribution is 6.13. The Labute approximate surface area is 143 Å². The number of benzene rings is 2. The number of methoxy groups -OCH3 is 1. The molecular formula is C18H14N2O5. The Morgan fingerprint density at radius 1 is 1.24 bits per heavy atom. The van der Waals surface area contributed by atoms with Crippen LogP contribution in [0.1, 0.15) is 16.7 Å². The maximum Gasteiger partial charge on any atom is 0.363 e. The Kier molecular flexibility index (Phi) is 4.30. The first-order valence-corrected chi connectivity index (χ1v) is 7.40. The summed E-state index contributed by atoms with van der Waals surface area (Å²) in [7, 11) is 1.35. The lowest BCUT2D eigenvalue weighted by Gasteiger charge is -2.03. The van der Waals surface area contributed by atoms with Gasteiger partial charge in [-0.15, -0.1) is 0 Å². The lowest BCUT2D eigenvalue weighted by atomic mass is 10.1. The molecule has 1 aliphatic heterocycles. The van der Waals surface area contributed by atoms with Gasteiger partial charge in [0.1, 0.15) is 0 Å². The molecule has 0 atom stereocenters. The summed E-state index contributed by atoms with van der Waals surface area (Å²) in [5, 5.41) is 11.1. The van der Waals surface area contributed by atoms with Crippen LogP contribution in [0.15, 0.2) is 53.2 Å². The minimum absolute atomic E-state index is 0.0237. The molecule has 126 valence electrons. The van der Waals surface area contributed by atoms with Crippen LogP contribution in [0.3, 0.4) is 0 Å². The summed E-state index contributed by atoms with van der Waals surface area (Å²) >= 11 is 0. The Hall–Kier alpha value is -3.48. The molecule has 7 nitrogen and oxygen atoms in total. The molecule has 1 heterocycles. The van der Waals surface area contributed by atoms with Gasteiger partial charge >= 0.3 is 11.7 Å². The third kappa shape index (κ3) is 3.25. The number of cyclic esters (lactones) is 1. The number of carbonyl (C=O) groups is 1. The molecule has 1 aliphatic rings. The molecule has 0 radical (unpaired) electrons. The minimum Gasteiger partial charge on any atom is -0.490 e. The van der Waals surface area contributed by atoms with Crippen molar-refractivity contribution in [3.05, 3.63) is 75.0 Å². The SMILES string of the molecule is COc1ccc(C2=N/C(=C\c3ccccc3C)C(=O)O2)cc1[N+](=O)[O-]. The van der Waals surface area contributed by atoms with E-state index in [2.05, 4.69) is 4.99 Å². The van der Waals surface area contributed by atoms with Gasteiger partial charge in [0.05, 0.1) is 12.0 Å². The third-order valence-corrected chi connectivity index (χ3v) is 3.72. The van der Waals surface area contributed by atoms with Gasteiger partial charge in [0.15, 0.2) is 11.4 Å². The number of esters is 1. The Balaban J connectivity index is 1.99. The first-order valence-electron chi connectivity index (χ1n) is 7.40. The lowest BCUT2D eigenvalue weighted by Crippen LogP contribution is -2.06. The van der Waals surface area contributed by atoms with E-state index in [9.17, 15) is 14.9 Å². The number of rotatable bonds is 4. The standard InChI is InChI=1S/C18H14N2O5/c1-11-5-3-4-6-12(11)9-14-18(21)25-17(19-14)13-7-8-16(24-2)15(10-13)20(22)23/h3-10H,1-2H3/b14-9-. The second kappa shape index (κ2) is 6.56. The predicted molar refractivity (Wildman–Crippen MR) is 91.4 cm³/mol. The quantitative estimate of drug-likeness (QED) is 0.369. The number of hydrogen-bond acceptors (Lipinski definition) is 6. The molecule has 25 heavy (non-hydrogen) atoms. The highest BCUT2D eigenvalue weighted by atomic mass is 16.6. The summed E-state index contributed by atoms with van der Waals surface area (Å²) in [4.78, 5) is 26.8. The van der Waals surface area contributed by atoms with E-state index in [1.165, 1.54) is 19.2 Å². The number of carbonyl (C=O) groups excluding carboxylic acids is 1. The number of ether oxygens (including phenoxy) is 2. The number of aryl methyl sites for hydroxylation is 1. The van der Waals surface area contributed by atoms with E-state index in [0.717, 1.165) is 11.1 Å². The molecule has 0 amide bonds. The average molecular weight is 338 g/mol. The summed E-state index contributed by atoms with van der Waals surface area (Å²) in [6.07, 6.45) is 1.63. The fourth-order valence-electron chi connectivity index (χ4n) is 2.39. The van der Waals surface area contributed by atoms with E-state index in [1.807, 2.05) is 31.2 Å². The summed E-state index contributed by atoms with van der Waals surface area (Å²) < 4.78 is 10.1. The fraction of sp³-hybridized carbons (Fsp3) is 0.111. The second-order valence-corrected chi connectivity index (χ2v) is 5.34. The number of nitro groups is 1. The molecule has 2 aromatic carbocycles. The van der Waals surface area contributed by atoms with Crippen LogP contribution in [0.5, 0.6) is 5.75 Å². The fourth-order valence-corrected chi connectivity index (χ4v) is 2.39. The van der Waals surface area contributed by atoms with Crippen molar-refractivity contribution in [1.29, 1.82) is 0 Å². The van der Waals surface area contributed by atoms with E-state index in [0.29, 0.717) is 5.56 Å². The lowest BCUT2D eigenvalue weighted by molar-refractivity contribution is -0.385. The molecule has 0 fully saturated rings. The predicted octanol–water partition coefficient (Wildman–Crippen LogP) is 3.26. The summed E-state index contributed by atoms with van der Waals surface area (Å²) in [6, 6.07) is 11.8. The van der Waals surface area contributed by atoms with Crippen LogP contribution in [-0.2, 0) is 9.53 Å². The molecule has 0 N–H and O–H groups in total. The normalized spacial score (nSPS) is 15.0. The van der Waals surface area contributed by atoms with Crippen molar-refractivity contribution in [2.75, 3.05) is 7.11 Å². The van der Waals surface area contributed by atoms with Crippen molar-refractivity contribution in [2.24, 2.45) is 4.99 Å². The Morgan fingerprint density at radius 2 is 2.00 bits per heavy atom. The number of hydrogen-bond donors (Lipinski definition) is 0. The molecule has 0 aliphatic carbocycles. The van der Waals surface area contributed by atoms with Gasteiger partial charge < -0.3 is 9.47 Å². The van der Waals surface area contributed by atoms with Crippen LogP contribution in [0.25, 0.3) is 6.08 Å². The summed E-state index contributed by atoms with van der Waals surface area (Å²) in [5.74, 6) is -0.457. The Morgan fingerprint density at radius 3 is 2.68 bits per heavy atom.